The minimum absolute atomic E-state index is 0.0496. The second kappa shape index (κ2) is 9.16. The molecule has 0 saturated carbocycles. The predicted octanol–water partition coefficient (Wildman–Crippen LogP) is 3.37. The van der Waals surface area contributed by atoms with Gasteiger partial charge >= 0.3 is 0 Å². The average molecular weight is 314 g/mol. The third-order valence-electron chi connectivity index (χ3n) is 3.99. The SMILES string of the molecule is CCN(CC)Cc1ccc(CNC(=O)CCc2ccco2)cc1. The quantitative estimate of drug-likeness (QED) is 0.772. The number of aryl methyl sites for hydroxylation is 1. The highest BCUT2D eigenvalue weighted by atomic mass is 16.3. The Morgan fingerprint density at radius 2 is 1.78 bits per heavy atom. The summed E-state index contributed by atoms with van der Waals surface area (Å²) in [6, 6.07) is 12.2. The second-order valence-electron chi connectivity index (χ2n) is 5.63. The zero-order chi connectivity index (χ0) is 16.5. The van der Waals surface area contributed by atoms with E-state index in [1.54, 1.807) is 6.26 Å². The van der Waals surface area contributed by atoms with Crippen molar-refractivity contribution in [2.75, 3.05) is 13.1 Å². The summed E-state index contributed by atoms with van der Waals surface area (Å²) in [5.74, 6) is 0.898. The Bertz CT molecular complexity index is 572. The predicted molar refractivity (Wildman–Crippen MR) is 91.9 cm³/mol. The van der Waals surface area contributed by atoms with Crippen molar-refractivity contribution >= 4 is 5.91 Å². The number of benzene rings is 1. The summed E-state index contributed by atoms with van der Waals surface area (Å²) in [7, 11) is 0. The highest BCUT2D eigenvalue weighted by molar-refractivity contribution is 5.76. The molecule has 0 atom stereocenters. The second-order valence-corrected chi connectivity index (χ2v) is 5.63. The molecule has 23 heavy (non-hydrogen) atoms. The first-order valence-corrected chi connectivity index (χ1v) is 8.30. The number of nitrogens with one attached hydrogen (secondary N) is 1. The van der Waals surface area contributed by atoms with E-state index < -0.39 is 0 Å². The maximum absolute atomic E-state index is 11.8. The smallest absolute Gasteiger partial charge is 0.220 e. The molecule has 1 N–H and O–H groups in total. The van der Waals surface area contributed by atoms with E-state index in [9.17, 15) is 4.79 Å². The van der Waals surface area contributed by atoms with Gasteiger partial charge in [-0.25, -0.2) is 0 Å². The molecule has 0 spiro atoms. The molecule has 1 heterocycles. The number of furan rings is 1. The van der Waals surface area contributed by atoms with E-state index in [0.717, 1.165) is 31.0 Å². The first kappa shape index (κ1) is 17.3. The van der Waals surface area contributed by atoms with Crippen LogP contribution < -0.4 is 5.32 Å². The number of nitrogens with zero attached hydrogens (tertiary/aromatic N) is 1. The number of carbonyl (C=O) groups excluding carboxylic acids is 1. The van der Waals surface area contributed by atoms with Gasteiger partial charge in [-0.3, -0.25) is 9.69 Å². The lowest BCUT2D eigenvalue weighted by atomic mass is 10.1. The molecule has 2 aromatic rings. The van der Waals surface area contributed by atoms with Gasteiger partial charge in [-0.1, -0.05) is 38.1 Å². The first-order valence-electron chi connectivity index (χ1n) is 8.30. The Hall–Kier alpha value is -2.07. The van der Waals surface area contributed by atoms with E-state index in [4.69, 9.17) is 4.42 Å². The van der Waals surface area contributed by atoms with Crippen LogP contribution in [-0.2, 0) is 24.3 Å². The van der Waals surface area contributed by atoms with Crippen molar-refractivity contribution < 1.29 is 9.21 Å². The van der Waals surface area contributed by atoms with Gasteiger partial charge in [0.15, 0.2) is 0 Å². The van der Waals surface area contributed by atoms with E-state index in [0.29, 0.717) is 19.4 Å². The number of rotatable bonds is 9. The monoisotopic (exact) mass is 314 g/mol. The Morgan fingerprint density at radius 3 is 2.39 bits per heavy atom. The van der Waals surface area contributed by atoms with Gasteiger partial charge < -0.3 is 9.73 Å². The topological polar surface area (TPSA) is 45.5 Å². The van der Waals surface area contributed by atoms with E-state index in [1.807, 2.05) is 12.1 Å². The molecule has 0 fully saturated rings. The summed E-state index contributed by atoms with van der Waals surface area (Å²) >= 11 is 0. The Morgan fingerprint density at radius 1 is 1.09 bits per heavy atom. The highest BCUT2D eigenvalue weighted by Crippen LogP contribution is 2.08. The molecular formula is C19H26N2O2. The van der Waals surface area contributed by atoms with Crippen molar-refractivity contribution in [3.05, 3.63) is 59.5 Å². The van der Waals surface area contributed by atoms with Crippen molar-refractivity contribution in [1.82, 2.24) is 10.2 Å². The van der Waals surface area contributed by atoms with Crippen LogP contribution in [0.1, 0.15) is 37.2 Å². The van der Waals surface area contributed by atoms with Crippen LogP contribution in [0.4, 0.5) is 0 Å². The first-order chi connectivity index (χ1) is 11.2. The molecular weight excluding hydrogens is 288 g/mol. The van der Waals surface area contributed by atoms with Crippen LogP contribution >= 0.6 is 0 Å². The van der Waals surface area contributed by atoms with E-state index in [2.05, 4.69) is 48.3 Å². The van der Waals surface area contributed by atoms with Crippen molar-refractivity contribution in [1.29, 1.82) is 0 Å². The van der Waals surface area contributed by atoms with Crippen LogP contribution in [0.3, 0.4) is 0 Å². The molecule has 4 nitrogen and oxygen atoms in total. The van der Waals surface area contributed by atoms with Gasteiger partial charge in [0.1, 0.15) is 5.76 Å². The van der Waals surface area contributed by atoms with Crippen LogP contribution in [0.2, 0.25) is 0 Å². The molecule has 4 heteroatoms. The van der Waals surface area contributed by atoms with E-state index in [1.165, 1.54) is 5.56 Å². The molecule has 0 saturated heterocycles. The number of hydrogen-bond acceptors (Lipinski definition) is 3. The van der Waals surface area contributed by atoms with Crippen LogP contribution in [0.15, 0.2) is 47.1 Å². The van der Waals surface area contributed by atoms with Crippen LogP contribution in [0.5, 0.6) is 0 Å². The molecule has 0 aliphatic carbocycles. The molecule has 2 rings (SSSR count). The minimum atomic E-state index is 0.0496. The standard InChI is InChI=1S/C19H26N2O2/c1-3-21(4-2)15-17-9-7-16(8-10-17)14-20-19(22)12-11-18-6-5-13-23-18/h5-10,13H,3-4,11-12,14-15H2,1-2H3,(H,20,22). The highest BCUT2D eigenvalue weighted by Gasteiger charge is 2.05. The Balaban J connectivity index is 1.73. The number of carbonyl (C=O) groups is 1. The summed E-state index contributed by atoms with van der Waals surface area (Å²) in [6.45, 7) is 8.02. The maximum atomic E-state index is 11.8. The van der Waals surface area contributed by atoms with E-state index >= 15 is 0 Å². The molecule has 1 amide bonds. The zero-order valence-electron chi connectivity index (χ0n) is 14.0. The lowest BCUT2D eigenvalue weighted by molar-refractivity contribution is -0.121. The number of hydrogen-bond donors (Lipinski definition) is 1. The molecule has 1 aromatic heterocycles. The molecule has 0 aliphatic rings. The van der Waals surface area contributed by atoms with Crippen LogP contribution in [0.25, 0.3) is 0 Å². The molecule has 0 bridgehead atoms. The normalized spacial score (nSPS) is 10.9. The molecule has 0 unspecified atom stereocenters. The average Bonchev–Trinajstić information content (AvgIpc) is 3.10. The van der Waals surface area contributed by atoms with Gasteiger partial charge in [-0.2, -0.15) is 0 Å². The third-order valence-corrected chi connectivity index (χ3v) is 3.99. The lowest BCUT2D eigenvalue weighted by Gasteiger charge is -2.18. The van der Waals surface area contributed by atoms with Crippen molar-refractivity contribution in [2.24, 2.45) is 0 Å². The maximum Gasteiger partial charge on any atom is 0.220 e. The fourth-order valence-electron chi connectivity index (χ4n) is 2.45. The van der Waals surface area contributed by atoms with Gasteiger partial charge in [0.25, 0.3) is 0 Å². The van der Waals surface area contributed by atoms with Gasteiger partial charge in [0.2, 0.25) is 5.91 Å². The summed E-state index contributed by atoms with van der Waals surface area (Å²) < 4.78 is 5.23. The van der Waals surface area contributed by atoms with Crippen molar-refractivity contribution in [2.45, 2.75) is 39.8 Å². The van der Waals surface area contributed by atoms with E-state index in [-0.39, 0.29) is 5.91 Å². The Labute approximate surface area is 138 Å². The largest absolute Gasteiger partial charge is 0.469 e. The summed E-state index contributed by atoms with van der Waals surface area (Å²) in [5, 5.41) is 2.95. The van der Waals surface area contributed by atoms with Crippen LogP contribution in [-0.4, -0.2) is 23.9 Å². The molecule has 1 aromatic carbocycles. The number of amides is 1. The van der Waals surface area contributed by atoms with Gasteiger partial charge in [0.05, 0.1) is 6.26 Å². The fraction of sp³-hybridized carbons (Fsp3) is 0.421. The van der Waals surface area contributed by atoms with Crippen molar-refractivity contribution in [3.63, 3.8) is 0 Å². The molecule has 0 radical (unpaired) electrons. The molecule has 0 aliphatic heterocycles. The van der Waals surface area contributed by atoms with Gasteiger partial charge in [0, 0.05) is 25.9 Å². The van der Waals surface area contributed by atoms with Gasteiger partial charge in [-0.05, 0) is 36.3 Å². The fourth-order valence-corrected chi connectivity index (χ4v) is 2.45. The summed E-state index contributed by atoms with van der Waals surface area (Å²) in [4.78, 5) is 14.2. The summed E-state index contributed by atoms with van der Waals surface area (Å²) in [6.07, 6.45) is 2.72. The molecule has 124 valence electrons. The van der Waals surface area contributed by atoms with Gasteiger partial charge in [-0.15, -0.1) is 0 Å². The van der Waals surface area contributed by atoms with Crippen LogP contribution in [0, 0.1) is 0 Å². The third kappa shape index (κ3) is 5.91. The summed E-state index contributed by atoms with van der Waals surface area (Å²) in [5.41, 5.74) is 2.43. The Kier molecular flexibility index (Phi) is 6.88. The minimum Gasteiger partial charge on any atom is -0.469 e. The lowest BCUT2D eigenvalue weighted by Crippen LogP contribution is -2.23. The van der Waals surface area contributed by atoms with Crippen molar-refractivity contribution in [3.8, 4) is 0 Å². The zero-order valence-corrected chi connectivity index (χ0v) is 14.0.